The van der Waals surface area contributed by atoms with E-state index in [0.29, 0.717) is 18.7 Å². The van der Waals surface area contributed by atoms with Gasteiger partial charge >= 0.3 is 0 Å². The SMILES string of the molecule is NCC(=O)CCCc1ncno1. The second-order valence-corrected chi connectivity index (χ2v) is 2.43. The molecule has 12 heavy (non-hydrogen) atoms. The van der Waals surface area contributed by atoms with Crippen LogP contribution in [0.2, 0.25) is 0 Å². The minimum Gasteiger partial charge on any atom is -0.340 e. The second-order valence-electron chi connectivity index (χ2n) is 2.43. The van der Waals surface area contributed by atoms with Gasteiger partial charge in [0.25, 0.3) is 0 Å². The summed E-state index contributed by atoms with van der Waals surface area (Å²) in [5.41, 5.74) is 5.13. The Morgan fingerprint density at radius 1 is 1.67 bits per heavy atom. The molecule has 0 aliphatic heterocycles. The molecule has 66 valence electrons. The van der Waals surface area contributed by atoms with Crippen molar-refractivity contribution in [3.8, 4) is 0 Å². The third-order valence-electron chi connectivity index (χ3n) is 1.48. The Morgan fingerprint density at radius 2 is 2.50 bits per heavy atom. The molecule has 0 saturated heterocycles. The van der Waals surface area contributed by atoms with E-state index in [4.69, 9.17) is 10.3 Å². The third-order valence-corrected chi connectivity index (χ3v) is 1.48. The standard InChI is InChI=1S/C7H11N3O2/c8-4-6(11)2-1-3-7-9-5-10-12-7/h5H,1-4,8H2. The maximum atomic E-state index is 10.7. The first-order valence-corrected chi connectivity index (χ1v) is 3.80. The average Bonchev–Trinajstić information content (AvgIpc) is 2.57. The van der Waals surface area contributed by atoms with Gasteiger partial charge in [0.2, 0.25) is 5.89 Å². The van der Waals surface area contributed by atoms with Crippen molar-refractivity contribution in [2.45, 2.75) is 19.3 Å². The van der Waals surface area contributed by atoms with Crippen LogP contribution in [0.15, 0.2) is 10.9 Å². The number of aromatic nitrogens is 2. The van der Waals surface area contributed by atoms with Crippen LogP contribution in [0, 0.1) is 0 Å². The van der Waals surface area contributed by atoms with Gasteiger partial charge in [0.15, 0.2) is 6.33 Å². The van der Waals surface area contributed by atoms with Crippen LogP contribution < -0.4 is 5.73 Å². The lowest BCUT2D eigenvalue weighted by Gasteiger charge is -1.93. The molecular formula is C7H11N3O2. The average molecular weight is 169 g/mol. The normalized spacial score (nSPS) is 10.1. The van der Waals surface area contributed by atoms with E-state index in [2.05, 4.69) is 10.1 Å². The zero-order valence-electron chi connectivity index (χ0n) is 6.69. The summed E-state index contributed by atoms with van der Waals surface area (Å²) in [4.78, 5) is 14.6. The Labute approximate surface area is 69.9 Å². The summed E-state index contributed by atoms with van der Waals surface area (Å²) in [7, 11) is 0. The summed E-state index contributed by atoms with van der Waals surface area (Å²) in [6.07, 6.45) is 3.20. The molecule has 0 spiro atoms. The number of Topliss-reactive ketones (excluding diaryl/α,β-unsaturated/α-hetero) is 1. The predicted molar refractivity (Wildman–Crippen MR) is 41.3 cm³/mol. The summed E-state index contributed by atoms with van der Waals surface area (Å²) in [6.45, 7) is 0.115. The van der Waals surface area contributed by atoms with Gasteiger partial charge in [-0.2, -0.15) is 4.98 Å². The number of aryl methyl sites for hydroxylation is 1. The zero-order valence-corrected chi connectivity index (χ0v) is 6.69. The molecule has 1 aromatic heterocycles. The highest BCUT2D eigenvalue weighted by Crippen LogP contribution is 1.99. The van der Waals surface area contributed by atoms with Crippen molar-refractivity contribution in [3.05, 3.63) is 12.2 Å². The van der Waals surface area contributed by atoms with E-state index in [1.54, 1.807) is 0 Å². The Kier molecular flexibility index (Phi) is 3.40. The van der Waals surface area contributed by atoms with Crippen LogP contribution in [0.4, 0.5) is 0 Å². The van der Waals surface area contributed by atoms with Crippen LogP contribution in [-0.2, 0) is 11.2 Å². The van der Waals surface area contributed by atoms with E-state index in [9.17, 15) is 4.79 Å². The van der Waals surface area contributed by atoms with Gasteiger partial charge in [-0.1, -0.05) is 5.16 Å². The first-order chi connectivity index (χ1) is 5.83. The molecule has 2 N–H and O–H groups in total. The lowest BCUT2D eigenvalue weighted by atomic mass is 10.2. The summed E-state index contributed by atoms with van der Waals surface area (Å²) in [5, 5.41) is 3.44. The molecule has 0 atom stereocenters. The summed E-state index contributed by atoms with van der Waals surface area (Å²) < 4.78 is 4.75. The van der Waals surface area contributed by atoms with E-state index in [1.807, 2.05) is 0 Å². The molecule has 1 heterocycles. The number of rotatable bonds is 5. The van der Waals surface area contributed by atoms with E-state index in [1.165, 1.54) is 6.33 Å². The van der Waals surface area contributed by atoms with Crippen LogP contribution in [0.1, 0.15) is 18.7 Å². The molecule has 0 radical (unpaired) electrons. The highest BCUT2D eigenvalue weighted by Gasteiger charge is 2.01. The van der Waals surface area contributed by atoms with E-state index >= 15 is 0 Å². The van der Waals surface area contributed by atoms with Crippen molar-refractivity contribution >= 4 is 5.78 Å². The van der Waals surface area contributed by atoms with E-state index < -0.39 is 0 Å². The van der Waals surface area contributed by atoms with Gasteiger partial charge in [0, 0.05) is 12.8 Å². The Balaban J connectivity index is 2.15. The Bertz CT molecular complexity index is 233. The number of carbonyl (C=O) groups is 1. The molecule has 0 aliphatic carbocycles. The largest absolute Gasteiger partial charge is 0.340 e. The number of hydrogen-bond acceptors (Lipinski definition) is 5. The van der Waals surface area contributed by atoms with Gasteiger partial charge in [0.1, 0.15) is 5.78 Å². The van der Waals surface area contributed by atoms with Crippen molar-refractivity contribution in [2.24, 2.45) is 5.73 Å². The van der Waals surface area contributed by atoms with Gasteiger partial charge in [-0.15, -0.1) is 0 Å². The Hall–Kier alpha value is -1.23. The molecule has 0 aliphatic rings. The van der Waals surface area contributed by atoms with Crippen LogP contribution in [0.5, 0.6) is 0 Å². The van der Waals surface area contributed by atoms with Gasteiger partial charge < -0.3 is 10.3 Å². The number of nitrogens with two attached hydrogens (primary N) is 1. The molecule has 1 rings (SSSR count). The van der Waals surface area contributed by atoms with Crippen LogP contribution in [0.25, 0.3) is 0 Å². The predicted octanol–water partition coefficient (Wildman–Crippen LogP) is -0.0799. The van der Waals surface area contributed by atoms with Crippen molar-refractivity contribution < 1.29 is 9.32 Å². The molecule has 0 unspecified atom stereocenters. The first kappa shape index (κ1) is 8.86. The molecule has 0 bridgehead atoms. The fraction of sp³-hybridized carbons (Fsp3) is 0.571. The maximum Gasteiger partial charge on any atom is 0.226 e. The molecular weight excluding hydrogens is 158 g/mol. The van der Waals surface area contributed by atoms with Gasteiger partial charge in [-0.05, 0) is 6.42 Å². The van der Waals surface area contributed by atoms with Crippen LogP contribution in [-0.4, -0.2) is 22.5 Å². The van der Waals surface area contributed by atoms with E-state index in [0.717, 1.165) is 6.42 Å². The minimum absolute atomic E-state index is 0.0644. The molecule has 1 aromatic rings. The highest BCUT2D eigenvalue weighted by molar-refractivity contribution is 5.80. The monoisotopic (exact) mass is 169 g/mol. The van der Waals surface area contributed by atoms with E-state index in [-0.39, 0.29) is 12.3 Å². The van der Waals surface area contributed by atoms with Gasteiger partial charge in [-0.3, -0.25) is 4.79 Å². The lowest BCUT2D eigenvalue weighted by Crippen LogP contribution is -2.13. The number of nitrogens with zero attached hydrogens (tertiary/aromatic N) is 2. The van der Waals surface area contributed by atoms with Gasteiger partial charge in [-0.25, -0.2) is 0 Å². The molecule has 5 nitrogen and oxygen atoms in total. The van der Waals surface area contributed by atoms with Crippen LogP contribution >= 0.6 is 0 Å². The van der Waals surface area contributed by atoms with Gasteiger partial charge in [0.05, 0.1) is 6.54 Å². The van der Waals surface area contributed by atoms with Crippen LogP contribution in [0.3, 0.4) is 0 Å². The maximum absolute atomic E-state index is 10.7. The summed E-state index contributed by atoms with van der Waals surface area (Å²) in [6, 6.07) is 0. The minimum atomic E-state index is 0.0644. The first-order valence-electron chi connectivity index (χ1n) is 3.80. The quantitative estimate of drug-likeness (QED) is 0.666. The fourth-order valence-electron chi connectivity index (χ4n) is 0.845. The zero-order chi connectivity index (χ0) is 8.81. The lowest BCUT2D eigenvalue weighted by molar-refractivity contribution is -0.117. The molecule has 0 fully saturated rings. The molecule has 0 saturated carbocycles. The second kappa shape index (κ2) is 4.61. The number of ketones is 1. The summed E-state index contributed by atoms with van der Waals surface area (Å²) >= 11 is 0. The molecule has 0 amide bonds. The highest BCUT2D eigenvalue weighted by atomic mass is 16.5. The van der Waals surface area contributed by atoms with Crippen molar-refractivity contribution in [3.63, 3.8) is 0 Å². The Morgan fingerprint density at radius 3 is 3.08 bits per heavy atom. The third kappa shape index (κ3) is 2.79. The van der Waals surface area contributed by atoms with Crippen molar-refractivity contribution in [1.29, 1.82) is 0 Å². The molecule has 5 heteroatoms. The molecule has 0 aromatic carbocycles. The number of carbonyl (C=O) groups excluding carboxylic acids is 1. The van der Waals surface area contributed by atoms with Crippen molar-refractivity contribution in [1.82, 2.24) is 10.1 Å². The number of hydrogen-bond donors (Lipinski definition) is 1. The fourth-order valence-corrected chi connectivity index (χ4v) is 0.845. The summed E-state index contributed by atoms with van der Waals surface area (Å²) in [5.74, 6) is 0.634. The van der Waals surface area contributed by atoms with Crippen molar-refractivity contribution in [2.75, 3.05) is 6.54 Å². The smallest absolute Gasteiger partial charge is 0.226 e. The topological polar surface area (TPSA) is 82.0 Å².